The molecule has 0 saturated carbocycles. The number of fused-ring (bicyclic) bond motifs is 2. The lowest BCUT2D eigenvalue weighted by atomic mass is 10.0. The Morgan fingerprint density at radius 1 is 0.951 bits per heavy atom. The van der Waals surface area contributed by atoms with E-state index in [4.69, 9.17) is 34.8 Å². The molecule has 0 aliphatic carbocycles. The van der Waals surface area contributed by atoms with Crippen LogP contribution in [0.2, 0.25) is 15.1 Å². The fourth-order valence-electron chi connectivity index (χ4n) is 4.47. The number of alkyl halides is 3. The molecule has 41 heavy (non-hydrogen) atoms. The van der Waals surface area contributed by atoms with Crippen molar-refractivity contribution in [1.29, 1.82) is 0 Å². The van der Waals surface area contributed by atoms with Gasteiger partial charge in [-0.2, -0.15) is 23.4 Å². The predicted octanol–water partition coefficient (Wildman–Crippen LogP) is 8.03. The standard InChI is InChI=1S/C28H16Cl3F3N6O/c29-17-9-8-16(21(30)10-17)13-39-14-22(31)25(38-39)37-27(41)20-12-35-40-24(28(32,33)34)11-23(36-26(20)40)19-7-3-5-15-4-1-2-6-18(15)19/h1-12,14H,13H2,(H,37,38,41). The summed E-state index contributed by atoms with van der Waals surface area (Å²) < 4.78 is 44.5. The first-order chi connectivity index (χ1) is 19.6. The first-order valence-corrected chi connectivity index (χ1v) is 13.1. The number of nitrogens with one attached hydrogen (secondary N) is 1. The zero-order valence-corrected chi connectivity index (χ0v) is 22.9. The van der Waals surface area contributed by atoms with Crippen LogP contribution in [-0.2, 0) is 12.7 Å². The van der Waals surface area contributed by atoms with Crippen molar-refractivity contribution in [3.05, 3.63) is 111 Å². The zero-order valence-electron chi connectivity index (χ0n) is 20.6. The first-order valence-electron chi connectivity index (χ1n) is 12.0. The molecule has 3 aromatic carbocycles. The van der Waals surface area contributed by atoms with Gasteiger partial charge in [0, 0.05) is 21.8 Å². The molecule has 0 bridgehead atoms. The number of benzene rings is 3. The Balaban J connectivity index is 1.38. The zero-order chi connectivity index (χ0) is 28.9. The molecule has 0 radical (unpaired) electrons. The second kappa shape index (κ2) is 10.4. The minimum absolute atomic E-state index is 0.00218. The summed E-state index contributed by atoms with van der Waals surface area (Å²) in [5.41, 5.74) is -0.315. The van der Waals surface area contributed by atoms with Crippen LogP contribution in [0.1, 0.15) is 21.6 Å². The molecule has 6 rings (SSSR count). The van der Waals surface area contributed by atoms with Gasteiger partial charge in [0.2, 0.25) is 0 Å². The molecule has 0 unspecified atom stereocenters. The van der Waals surface area contributed by atoms with Crippen molar-refractivity contribution in [2.75, 3.05) is 5.32 Å². The maximum absolute atomic E-state index is 14.1. The number of carbonyl (C=O) groups is 1. The van der Waals surface area contributed by atoms with Crippen molar-refractivity contribution in [1.82, 2.24) is 24.4 Å². The topological polar surface area (TPSA) is 77.1 Å². The molecule has 3 aromatic heterocycles. The maximum Gasteiger partial charge on any atom is 0.433 e. The SMILES string of the molecule is O=C(Nc1nn(Cc2ccc(Cl)cc2Cl)cc1Cl)c1cnn2c(C(F)(F)F)cc(-c3cccc4ccccc34)nc12. The van der Waals surface area contributed by atoms with E-state index in [2.05, 4.69) is 20.5 Å². The van der Waals surface area contributed by atoms with Crippen LogP contribution in [0.15, 0.2) is 79.1 Å². The van der Waals surface area contributed by atoms with E-state index in [1.807, 2.05) is 18.2 Å². The lowest BCUT2D eigenvalue weighted by molar-refractivity contribution is -0.142. The summed E-state index contributed by atoms with van der Waals surface area (Å²) in [6.07, 6.45) is -2.26. The smallest absolute Gasteiger partial charge is 0.304 e. The molecule has 7 nitrogen and oxygen atoms in total. The van der Waals surface area contributed by atoms with E-state index in [9.17, 15) is 18.0 Å². The van der Waals surface area contributed by atoms with Crippen LogP contribution in [0.4, 0.5) is 19.0 Å². The van der Waals surface area contributed by atoms with Crippen LogP contribution in [0, 0.1) is 0 Å². The van der Waals surface area contributed by atoms with Crippen LogP contribution in [-0.4, -0.2) is 30.3 Å². The third-order valence-corrected chi connectivity index (χ3v) is 7.23. The van der Waals surface area contributed by atoms with Gasteiger partial charge in [-0.25, -0.2) is 9.50 Å². The van der Waals surface area contributed by atoms with Crippen molar-refractivity contribution >= 4 is 62.9 Å². The highest BCUT2D eigenvalue weighted by atomic mass is 35.5. The quantitative estimate of drug-likeness (QED) is 0.213. The van der Waals surface area contributed by atoms with E-state index in [-0.39, 0.29) is 34.3 Å². The van der Waals surface area contributed by atoms with E-state index in [0.717, 1.165) is 17.6 Å². The van der Waals surface area contributed by atoms with E-state index in [0.29, 0.717) is 31.1 Å². The van der Waals surface area contributed by atoms with Gasteiger partial charge in [0.15, 0.2) is 17.2 Å². The summed E-state index contributed by atoms with van der Waals surface area (Å²) in [6, 6.07) is 18.4. The minimum Gasteiger partial charge on any atom is -0.304 e. The Kier molecular flexibility index (Phi) is 6.85. The molecule has 0 spiro atoms. The molecular formula is C28H16Cl3F3N6O. The number of amides is 1. The summed E-state index contributed by atoms with van der Waals surface area (Å²) in [7, 11) is 0. The van der Waals surface area contributed by atoms with Crippen molar-refractivity contribution in [3.8, 4) is 11.3 Å². The molecule has 3 heterocycles. The Labute approximate surface area is 245 Å². The van der Waals surface area contributed by atoms with Gasteiger partial charge in [0.1, 0.15) is 10.6 Å². The molecule has 13 heteroatoms. The van der Waals surface area contributed by atoms with Crippen molar-refractivity contribution in [2.45, 2.75) is 12.7 Å². The lowest BCUT2D eigenvalue weighted by Crippen LogP contribution is -2.16. The van der Waals surface area contributed by atoms with E-state index in [1.54, 1.807) is 42.5 Å². The van der Waals surface area contributed by atoms with E-state index >= 15 is 0 Å². The molecule has 1 N–H and O–H groups in total. The molecule has 0 fully saturated rings. The average molecular weight is 616 g/mol. The number of hydrogen-bond donors (Lipinski definition) is 1. The molecule has 0 aliphatic rings. The first kappa shape index (κ1) is 27.1. The number of hydrogen-bond acceptors (Lipinski definition) is 4. The summed E-state index contributed by atoms with van der Waals surface area (Å²) >= 11 is 18.5. The maximum atomic E-state index is 14.1. The molecule has 0 aliphatic heterocycles. The second-order valence-corrected chi connectivity index (χ2v) is 10.3. The highest BCUT2D eigenvalue weighted by Crippen LogP contribution is 2.35. The Morgan fingerprint density at radius 3 is 2.51 bits per heavy atom. The summed E-state index contributed by atoms with van der Waals surface area (Å²) in [5, 5.41) is 13.2. The molecule has 206 valence electrons. The number of carbonyl (C=O) groups excluding carboxylic acids is 1. The summed E-state index contributed by atoms with van der Waals surface area (Å²) in [4.78, 5) is 17.7. The normalized spacial score (nSPS) is 11.9. The van der Waals surface area contributed by atoms with Gasteiger partial charge in [0.05, 0.1) is 18.4 Å². The third-order valence-electron chi connectivity index (χ3n) is 6.37. The molecular weight excluding hydrogens is 600 g/mol. The Morgan fingerprint density at radius 2 is 1.73 bits per heavy atom. The van der Waals surface area contributed by atoms with Crippen LogP contribution < -0.4 is 5.32 Å². The predicted molar refractivity (Wildman–Crippen MR) is 152 cm³/mol. The van der Waals surface area contributed by atoms with Gasteiger partial charge >= 0.3 is 6.18 Å². The molecule has 1 amide bonds. The number of halogens is 6. The second-order valence-electron chi connectivity index (χ2n) is 9.06. The fraction of sp³-hybridized carbons (Fsp3) is 0.0714. The summed E-state index contributed by atoms with van der Waals surface area (Å²) in [5.74, 6) is -0.783. The monoisotopic (exact) mass is 614 g/mol. The summed E-state index contributed by atoms with van der Waals surface area (Å²) in [6.45, 7) is 0.229. The fourth-order valence-corrected chi connectivity index (χ4v) is 5.14. The third kappa shape index (κ3) is 5.21. The van der Waals surface area contributed by atoms with Gasteiger partial charge in [-0.1, -0.05) is 83.3 Å². The van der Waals surface area contributed by atoms with Crippen molar-refractivity contribution in [2.24, 2.45) is 0 Å². The van der Waals surface area contributed by atoms with E-state index in [1.165, 1.54) is 10.9 Å². The van der Waals surface area contributed by atoms with Crippen LogP contribution >= 0.6 is 34.8 Å². The van der Waals surface area contributed by atoms with Crippen molar-refractivity contribution < 1.29 is 18.0 Å². The van der Waals surface area contributed by atoms with E-state index < -0.39 is 17.8 Å². The highest BCUT2D eigenvalue weighted by Gasteiger charge is 2.36. The van der Waals surface area contributed by atoms with Gasteiger partial charge in [-0.3, -0.25) is 9.48 Å². The van der Waals surface area contributed by atoms with Gasteiger partial charge in [0.25, 0.3) is 5.91 Å². The molecule has 0 saturated heterocycles. The minimum atomic E-state index is -4.77. The largest absolute Gasteiger partial charge is 0.433 e. The Hall–Kier alpha value is -4.12. The average Bonchev–Trinajstić information content (AvgIpc) is 3.51. The lowest BCUT2D eigenvalue weighted by Gasteiger charge is -2.13. The number of aromatic nitrogens is 5. The van der Waals surface area contributed by atoms with Crippen LogP contribution in [0.5, 0.6) is 0 Å². The number of nitrogens with zero attached hydrogens (tertiary/aromatic N) is 5. The Bertz CT molecular complexity index is 1960. The van der Waals surface area contributed by atoms with Gasteiger partial charge in [-0.05, 0) is 34.5 Å². The van der Waals surface area contributed by atoms with Gasteiger partial charge in [-0.15, -0.1) is 0 Å². The number of anilines is 1. The van der Waals surface area contributed by atoms with Crippen LogP contribution in [0.25, 0.3) is 27.7 Å². The van der Waals surface area contributed by atoms with Crippen molar-refractivity contribution in [3.63, 3.8) is 0 Å². The number of rotatable bonds is 5. The highest BCUT2D eigenvalue weighted by molar-refractivity contribution is 6.35. The molecule has 0 atom stereocenters. The van der Waals surface area contributed by atoms with Gasteiger partial charge < -0.3 is 5.32 Å². The van der Waals surface area contributed by atoms with Crippen LogP contribution in [0.3, 0.4) is 0 Å². The molecule has 6 aromatic rings.